The molecule has 5 nitrogen and oxygen atoms in total. The second-order valence-electron chi connectivity index (χ2n) is 4.72. The van der Waals surface area contributed by atoms with E-state index in [2.05, 4.69) is 5.32 Å². The Morgan fingerprint density at radius 1 is 1.40 bits per heavy atom. The highest BCUT2D eigenvalue weighted by Gasteiger charge is 2.17. The van der Waals surface area contributed by atoms with Gasteiger partial charge >= 0.3 is 12.0 Å². The van der Waals surface area contributed by atoms with E-state index in [1.54, 1.807) is 25.3 Å². The molecule has 2 N–H and O–H groups in total. The molecule has 1 aromatic heterocycles. The SMILES string of the molecule is CC(CN(C)C(=O)Nc1ccc2sccc2c1)C(=O)O. The van der Waals surface area contributed by atoms with Crippen LogP contribution in [0.1, 0.15) is 6.92 Å². The molecule has 6 heteroatoms. The highest BCUT2D eigenvalue weighted by Crippen LogP contribution is 2.24. The van der Waals surface area contributed by atoms with Gasteiger partial charge in [0.25, 0.3) is 0 Å². The number of carboxylic acids is 1. The van der Waals surface area contributed by atoms with Gasteiger partial charge in [0.2, 0.25) is 0 Å². The maximum absolute atomic E-state index is 12.0. The molecule has 1 atom stereocenters. The van der Waals surface area contributed by atoms with Crippen molar-refractivity contribution in [1.29, 1.82) is 0 Å². The Morgan fingerprint density at radius 2 is 2.15 bits per heavy atom. The minimum atomic E-state index is -0.913. The van der Waals surface area contributed by atoms with Crippen molar-refractivity contribution in [3.63, 3.8) is 0 Å². The number of thiophene rings is 1. The summed E-state index contributed by atoms with van der Waals surface area (Å²) in [6.45, 7) is 1.74. The van der Waals surface area contributed by atoms with Crippen LogP contribution in [0.15, 0.2) is 29.6 Å². The largest absolute Gasteiger partial charge is 0.481 e. The normalized spacial score (nSPS) is 12.1. The van der Waals surface area contributed by atoms with Crippen molar-refractivity contribution < 1.29 is 14.7 Å². The van der Waals surface area contributed by atoms with E-state index in [1.807, 2.05) is 29.6 Å². The van der Waals surface area contributed by atoms with Crippen LogP contribution in [-0.2, 0) is 4.79 Å². The quantitative estimate of drug-likeness (QED) is 0.909. The van der Waals surface area contributed by atoms with Crippen molar-refractivity contribution in [2.75, 3.05) is 18.9 Å². The third kappa shape index (κ3) is 3.27. The Labute approximate surface area is 120 Å². The highest BCUT2D eigenvalue weighted by atomic mass is 32.1. The number of aliphatic carboxylic acids is 1. The number of benzene rings is 1. The van der Waals surface area contributed by atoms with Gasteiger partial charge in [-0.05, 0) is 35.0 Å². The predicted molar refractivity (Wildman–Crippen MR) is 80.3 cm³/mol. The van der Waals surface area contributed by atoms with E-state index in [-0.39, 0.29) is 12.6 Å². The molecule has 1 aromatic carbocycles. The van der Waals surface area contributed by atoms with Crippen LogP contribution in [0.3, 0.4) is 0 Å². The van der Waals surface area contributed by atoms with Crippen molar-refractivity contribution >= 4 is 39.1 Å². The number of hydrogen-bond acceptors (Lipinski definition) is 3. The Bertz CT molecular complexity index is 638. The van der Waals surface area contributed by atoms with Gasteiger partial charge in [0.15, 0.2) is 0 Å². The summed E-state index contributed by atoms with van der Waals surface area (Å²) in [5.41, 5.74) is 0.704. The fourth-order valence-corrected chi connectivity index (χ4v) is 2.61. The van der Waals surface area contributed by atoms with Crippen molar-refractivity contribution in [1.82, 2.24) is 4.90 Å². The minimum Gasteiger partial charge on any atom is -0.481 e. The number of carbonyl (C=O) groups is 2. The summed E-state index contributed by atoms with van der Waals surface area (Å²) in [7, 11) is 1.58. The van der Waals surface area contributed by atoms with Crippen molar-refractivity contribution in [3.05, 3.63) is 29.6 Å². The Balaban J connectivity index is 2.01. The van der Waals surface area contributed by atoms with Gasteiger partial charge in [0, 0.05) is 24.0 Å². The van der Waals surface area contributed by atoms with Crippen molar-refractivity contribution in [2.24, 2.45) is 5.92 Å². The third-order valence-corrected chi connectivity index (χ3v) is 3.92. The summed E-state index contributed by atoms with van der Waals surface area (Å²) in [4.78, 5) is 24.1. The summed E-state index contributed by atoms with van der Waals surface area (Å²) in [6.07, 6.45) is 0. The number of nitrogens with one attached hydrogen (secondary N) is 1. The molecular formula is C14H16N2O3S. The molecule has 2 aromatic rings. The second kappa shape index (κ2) is 5.92. The van der Waals surface area contributed by atoms with E-state index in [1.165, 1.54) is 4.90 Å². The maximum Gasteiger partial charge on any atom is 0.321 e. The van der Waals surface area contributed by atoms with Crippen LogP contribution < -0.4 is 5.32 Å². The summed E-state index contributed by atoms with van der Waals surface area (Å²) < 4.78 is 1.16. The number of carbonyl (C=O) groups excluding carboxylic acids is 1. The number of fused-ring (bicyclic) bond motifs is 1. The van der Waals surface area contributed by atoms with Crippen LogP contribution in [0, 0.1) is 5.92 Å². The molecule has 2 rings (SSSR count). The standard InChI is InChI=1S/C14H16N2O3S/c1-9(13(17)18)8-16(2)14(19)15-11-3-4-12-10(7-11)5-6-20-12/h3-7,9H,8H2,1-2H3,(H,15,19)(H,17,18). The smallest absolute Gasteiger partial charge is 0.321 e. The van der Waals surface area contributed by atoms with Crippen LogP contribution in [0.25, 0.3) is 10.1 Å². The second-order valence-corrected chi connectivity index (χ2v) is 5.67. The minimum absolute atomic E-state index is 0.169. The molecule has 0 bridgehead atoms. The molecular weight excluding hydrogens is 276 g/mol. The number of rotatable bonds is 4. The van der Waals surface area contributed by atoms with Gasteiger partial charge in [-0.2, -0.15) is 0 Å². The number of amides is 2. The molecule has 2 amide bonds. The zero-order valence-corrected chi connectivity index (χ0v) is 12.1. The molecule has 20 heavy (non-hydrogen) atoms. The lowest BCUT2D eigenvalue weighted by atomic mass is 10.2. The summed E-state index contributed by atoms with van der Waals surface area (Å²) in [5, 5.41) is 14.7. The van der Waals surface area contributed by atoms with Crippen molar-refractivity contribution in [3.8, 4) is 0 Å². The molecule has 0 aliphatic heterocycles. The number of hydrogen-bond donors (Lipinski definition) is 2. The van der Waals surface area contributed by atoms with Gasteiger partial charge in [0.1, 0.15) is 0 Å². The molecule has 0 radical (unpaired) electrons. The summed E-state index contributed by atoms with van der Waals surface area (Å²) >= 11 is 1.64. The van der Waals surface area contributed by atoms with Crippen LogP contribution in [0.2, 0.25) is 0 Å². The molecule has 0 fully saturated rings. The van der Waals surface area contributed by atoms with Gasteiger partial charge in [-0.1, -0.05) is 6.92 Å². The van der Waals surface area contributed by atoms with E-state index in [9.17, 15) is 9.59 Å². The topological polar surface area (TPSA) is 69.6 Å². The summed E-state index contributed by atoms with van der Waals surface area (Å²) in [6, 6.07) is 7.37. The number of carboxylic acid groups (broad SMARTS) is 1. The molecule has 1 unspecified atom stereocenters. The fourth-order valence-electron chi connectivity index (χ4n) is 1.84. The van der Waals surface area contributed by atoms with Gasteiger partial charge in [-0.3, -0.25) is 4.79 Å². The molecule has 0 spiro atoms. The summed E-state index contributed by atoms with van der Waals surface area (Å²) in [5.74, 6) is -1.51. The number of urea groups is 1. The van der Waals surface area contributed by atoms with Crippen LogP contribution in [-0.4, -0.2) is 35.6 Å². The lowest BCUT2D eigenvalue weighted by Crippen LogP contribution is -2.36. The van der Waals surface area contributed by atoms with Gasteiger partial charge in [-0.25, -0.2) is 4.79 Å². The van der Waals surface area contributed by atoms with Crippen LogP contribution in [0.5, 0.6) is 0 Å². The first-order chi connectivity index (χ1) is 9.47. The third-order valence-electron chi connectivity index (χ3n) is 3.02. The monoisotopic (exact) mass is 292 g/mol. The molecule has 0 saturated carbocycles. The lowest BCUT2D eigenvalue weighted by molar-refractivity contribution is -0.141. The predicted octanol–water partition coefficient (Wildman–Crippen LogP) is 3.09. The Kier molecular flexibility index (Phi) is 4.24. The van der Waals surface area contributed by atoms with Crippen molar-refractivity contribution in [2.45, 2.75) is 6.92 Å². The zero-order valence-electron chi connectivity index (χ0n) is 11.3. The van der Waals surface area contributed by atoms with Crippen LogP contribution >= 0.6 is 11.3 Å². The van der Waals surface area contributed by atoms with Gasteiger partial charge in [0.05, 0.1) is 5.92 Å². The van der Waals surface area contributed by atoms with E-state index in [4.69, 9.17) is 5.11 Å². The fraction of sp³-hybridized carbons (Fsp3) is 0.286. The lowest BCUT2D eigenvalue weighted by Gasteiger charge is -2.20. The average molecular weight is 292 g/mol. The molecule has 106 valence electrons. The van der Waals surface area contributed by atoms with Gasteiger partial charge < -0.3 is 15.3 Å². The Hall–Kier alpha value is -2.08. The molecule has 0 aliphatic rings. The molecule has 1 heterocycles. The van der Waals surface area contributed by atoms with E-state index in [0.29, 0.717) is 5.69 Å². The first-order valence-corrected chi connectivity index (χ1v) is 7.07. The van der Waals surface area contributed by atoms with E-state index in [0.717, 1.165) is 10.1 Å². The average Bonchev–Trinajstić information content (AvgIpc) is 2.85. The molecule has 0 aliphatic carbocycles. The zero-order chi connectivity index (χ0) is 14.7. The number of nitrogens with zero attached hydrogens (tertiary/aromatic N) is 1. The van der Waals surface area contributed by atoms with E-state index < -0.39 is 11.9 Å². The first-order valence-electron chi connectivity index (χ1n) is 6.19. The maximum atomic E-state index is 12.0. The molecule has 0 saturated heterocycles. The highest BCUT2D eigenvalue weighted by molar-refractivity contribution is 7.17. The van der Waals surface area contributed by atoms with Crippen LogP contribution in [0.4, 0.5) is 10.5 Å². The first kappa shape index (κ1) is 14.3. The van der Waals surface area contributed by atoms with Gasteiger partial charge in [-0.15, -0.1) is 11.3 Å². The Morgan fingerprint density at radius 3 is 2.85 bits per heavy atom. The number of anilines is 1. The van der Waals surface area contributed by atoms with E-state index >= 15 is 0 Å².